The lowest BCUT2D eigenvalue weighted by Gasteiger charge is -2.35. The zero-order chi connectivity index (χ0) is 13.8. The number of thioether (sulfide) groups is 1. The Morgan fingerprint density at radius 1 is 1.47 bits per heavy atom. The molecule has 2 atom stereocenters. The summed E-state index contributed by atoms with van der Waals surface area (Å²) in [5.74, 6) is 0.529. The summed E-state index contributed by atoms with van der Waals surface area (Å²) in [7, 11) is 0. The van der Waals surface area contributed by atoms with Gasteiger partial charge in [0.1, 0.15) is 0 Å². The Balaban J connectivity index is 1.85. The zero-order valence-corrected chi connectivity index (χ0v) is 12.0. The summed E-state index contributed by atoms with van der Waals surface area (Å²) in [6.45, 7) is 5.31. The van der Waals surface area contributed by atoms with Crippen LogP contribution in [0.3, 0.4) is 0 Å². The number of nitrogens with zero attached hydrogens (tertiary/aromatic N) is 2. The third-order valence-electron chi connectivity index (χ3n) is 2.88. The first-order valence-corrected chi connectivity index (χ1v) is 7.30. The van der Waals surface area contributed by atoms with E-state index in [2.05, 4.69) is 4.98 Å². The molecule has 2 unspecified atom stereocenters. The number of hydrogen-bond acceptors (Lipinski definition) is 5. The van der Waals surface area contributed by atoms with Gasteiger partial charge < -0.3 is 15.4 Å². The van der Waals surface area contributed by atoms with E-state index in [0.717, 1.165) is 5.03 Å². The molecule has 1 fully saturated rings. The van der Waals surface area contributed by atoms with E-state index >= 15 is 0 Å². The lowest BCUT2D eigenvalue weighted by molar-refractivity contribution is -0.140. The van der Waals surface area contributed by atoms with Crippen LogP contribution in [0.15, 0.2) is 23.4 Å². The van der Waals surface area contributed by atoms with Crippen LogP contribution in [-0.2, 0) is 9.53 Å². The normalized spacial score (nSPS) is 23.4. The number of pyridine rings is 1. The van der Waals surface area contributed by atoms with Gasteiger partial charge in [0.25, 0.3) is 0 Å². The fourth-order valence-electron chi connectivity index (χ4n) is 2.09. The van der Waals surface area contributed by atoms with Crippen LogP contribution >= 0.6 is 11.8 Å². The molecule has 1 amide bonds. The van der Waals surface area contributed by atoms with Gasteiger partial charge in [0.15, 0.2) is 0 Å². The number of carbonyl (C=O) groups excluding carboxylic acids is 1. The van der Waals surface area contributed by atoms with E-state index < -0.39 is 0 Å². The highest BCUT2D eigenvalue weighted by Gasteiger charge is 2.25. The lowest BCUT2D eigenvalue weighted by Crippen LogP contribution is -2.48. The van der Waals surface area contributed by atoms with Gasteiger partial charge in [0, 0.05) is 13.1 Å². The second kappa shape index (κ2) is 6.25. The summed E-state index contributed by atoms with van der Waals surface area (Å²) >= 11 is 1.43. The molecule has 0 bridgehead atoms. The number of hydrogen-bond donors (Lipinski definition) is 1. The molecule has 2 N–H and O–H groups in total. The summed E-state index contributed by atoms with van der Waals surface area (Å²) in [5.41, 5.74) is 6.20. The Morgan fingerprint density at radius 3 is 2.74 bits per heavy atom. The Morgan fingerprint density at radius 2 is 2.16 bits per heavy atom. The number of morpholine rings is 1. The van der Waals surface area contributed by atoms with Gasteiger partial charge in [0.05, 0.1) is 34.9 Å². The van der Waals surface area contributed by atoms with Gasteiger partial charge in [-0.05, 0) is 26.0 Å². The first-order valence-electron chi connectivity index (χ1n) is 6.32. The molecule has 6 heteroatoms. The van der Waals surface area contributed by atoms with Crippen molar-refractivity contribution in [2.75, 3.05) is 24.6 Å². The average Bonchev–Trinajstić information content (AvgIpc) is 2.36. The molecule has 0 spiro atoms. The van der Waals surface area contributed by atoms with Crippen LogP contribution < -0.4 is 5.73 Å². The molecular weight excluding hydrogens is 262 g/mol. The molecule has 5 nitrogen and oxygen atoms in total. The number of anilines is 1. The molecule has 0 aliphatic carbocycles. The van der Waals surface area contributed by atoms with Crippen molar-refractivity contribution >= 4 is 23.4 Å². The number of amides is 1. The maximum atomic E-state index is 12.1. The quantitative estimate of drug-likeness (QED) is 0.848. The van der Waals surface area contributed by atoms with E-state index in [1.165, 1.54) is 11.8 Å². The maximum Gasteiger partial charge on any atom is 0.233 e. The van der Waals surface area contributed by atoms with Crippen molar-refractivity contribution in [3.8, 4) is 0 Å². The van der Waals surface area contributed by atoms with E-state index in [4.69, 9.17) is 10.5 Å². The predicted octanol–water partition coefficient (Wildman–Crippen LogP) is 1.39. The topological polar surface area (TPSA) is 68.5 Å². The summed E-state index contributed by atoms with van der Waals surface area (Å²) in [4.78, 5) is 18.2. The third kappa shape index (κ3) is 4.11. The van der Waals surface area contributed by atoms with E-state index in [1.54, 1.807) is 12.3 Å². The first-order chi connectivity index (χ1) is 9.04. The molecular formula is C13H19N3O2S. The highest BCUT2D eigenvalue weighted by molar-refractivity contribution is 7.99. The largest absolute Gasteiger partial charge is 0.397 e. The van der Waals surface area contributed by atoms with Crippen LogP contribution in [0, 0.1) is 0 Å². The van der Waals surface area contributed by atoms with Crippen LogP contribution in [0.2, 0.25) is 0 Å². The highest BCUT2D eigenvalue weighted by atomic mass is 32.2. The molecule has 2 heterocycles. The lowest BCUT2D eigenvalue weighted by atomic mass is 10.2. The standard InChI is InChI=1S/C13H19N3O2S/c1-9-6-16(7-10(2)18-9)13(17)8-19-12-4-3-11(14)5-15-12/h3-5,9-10H,6-8,14H2,1-2H3. The van der Waals surface area contributed by atoms with Crippen molar-refractivity contribution in [3.05, 3.63) is 18.3 Å². The molecule has 2 rings (SSSR count). The fraction of sp³-hybridized carbons (Fsp3) is 0.538. The van der Waals surface area contributed by atoms with Gasteiger partial charge in [-0.3, -0.25) is 4.79 Å². The highest BCUT2D eigenvalue weighted by Crippen LogP contribution is 2.18. The van der Waals surface area contributed by atoms with Crippen molar-refractivity contribution < 1.29 is 9.53 Å². The first kappa shape index (κ1) is 14.1. The van der Waals surface area contributed by atoms with Crippen molar-refractivity contribution in [2.24, 2.45) is 0 Å². The van der Waals surface area contributed by atoms with Crippen molar-refractivity contribution in [2.45, 2.75) is 31.1 Å². The van der Waals surface area contributed by atoms with Crippen LogP contribution in [-0.4, -0.2) is 46.8 Å². The molecule has 1 aliphatic rings. The van der Waals surface area contributed by atoms with Gasteiger partial charge >= 0.3 is 0 Å². The van der Waals surface area contributed by atoms with E-state index in [-0.39, 0.29) is 18.1 Å². The van der Waals surface area contributed by atoms with E-state index in [9.17, 15) is 4.79 Å². The molecule has 1 aliphatic heterocycles. The molecule has 1 saturated heterocycles. The molecule has 1 aromatic rings. The fourth-order valence-corrected chi connectivity index (χ4v) is 2.83. The van der Waals surface area contributed by atoms with E-state index in [0.29, 0.717) is 24.5 Å². The van der Waals surface area contributed by atoms with Crippen LogP contribution in [0.1, 0.15) is 13.8 Å². The van der Waals surface area contributed by atoms with Gasteiger partial charge in [-0.15, -0.1) is 0 Å². The Bertz CT molecular complexity index is 428. The average molecular weight is 281 g/mol. The number of carbonyl (C=O) groups is 1. The van der Waals surface area contributed by atoms with Crippen molar-refractivity contribution in [1.29, 1.82) is 0 Å². The second-order valence-corrected chi connectivity index (χ2v) is 5.77. The van der Waals surface area contributed by atoms with Crippen LogP contribution in [0.5, 0.6) is 0 Å². The van der Waals surface area contributed by atoms with Gasteiger partial charge in [-0.1, -0.05) is 11.8 Å². The van der Waals surface area contributed by atoms with Crippen molar-refractivity contribution in [3.63, 3.8) is 0 Å². The van der Waals surface area contributed by atoms with Gasteiger partial charge in [-0.2, -0.15) is 0 Å². The Kier molecular flexibility index (Phi) is 4.66. The molecule has 0 radical (unpaired) electrons. The molecule has 1 aromatic heterocycles. The molecule has 0 aromatic carbocycles. The minimum absolute atomic E-state index is 0.104. The maximum absolute atomic E-state index is 12.1. The smallest absolute Gasteiger partial charge is 0.233 e. The second-order valence-electron chi connectivity index (χ2n) is 4.77. The number of ether oxygens (including phenoxy) is 1. The summed E-state index contributed by atoms with van der Waals surface area (Å²) in [6, 6.07) is 3.62. The molecule has 0 saturated carbocycles. The van der Waals surface area contributed by atoms with Crippen LogP contribution in [0.25, 0.3) is 0 Å². The number of aromatic nitrogens is 1. The third-order valence-corrected chi connectivity index (χ3v) is 3.80. The Hall–Kier alpha value is -1.27. The van der Waals surface area contributed by atoms with E-state index in [1.807, 2.05) is 24.8 Å². The van der Waals surface area contributed by atoms with Crippen molar-refractivity contribution in [1.82, 2.24) is 9.88 Å². The Labute approximate surface area is 117 Å². The minimum atomic E-state index is 0.104. The summed E-state index contributed by atoms with van der Waals surface area (Å²) in [5, 5.41) is 0.817. The van der Waals surface area contributed by atoms with Gasteiger partial charge in [-0.25, -0.2) is 4.98 Å². The zero-order valence-electron chi connectivity index (χ0n) is 11.2. The molecule has 104 valence electrons. The SMILES string of the molecule is CC1CN(C(=O)CSc2ccc(N)cn2)CC(C)O1. The number of nitrogen functional groups attached to an aromatic ring is 1. The number of rotatable bonds is 3. The minimum Gasteiger partial charge on any atom is -0.397 e. The number of nitrogens with two attached hydrogens (primary N) is 1. The predicted molar refractivity (Wildman–Crippen MR) is 76.0 cm³/mol. The monoisotopic (exact) mass is 281 g/mol. The van der Waals surface area contributed by atoms with Gasteiger partial charge in [0.2, 0.25) is 5.91 Å². The summed E-state index contributed by atoms with van der Waals surface area (Å²) in [6.07, 6.45) is 1.81. The van der Waals surface area contributed by atoms with Crippen LogP contribution in [0.4, 0.5) is 5.69 Å². The molecule has 19 heavy (non-hydrogen) atoms. The summed E-state index contributed by atoms with van der Waals surface area (Å²) < 4.78 is 5.62.